The van der Waals surface area contributed by atoms with E-state index in [1.165, 1.54) is 12.1 Å². The molecule has 1 heterocycles. The van der Waals surface area contributed by atoms with Gasteiger partial charge in [0.15, 0.2) is 0 Å². The minimum atomic E-state index is -4.62. The van der Waals surface area contributed by atoms with Crippen LogP contribution in [0.15, 0.2) is 40.1 Å². The molecule has 2 aliphatic rings. The summed E-state index contributed by atoms with van der Waals surface area (Å²) in [7, 11) is -4.62. The summed E-state index contributed by atoms with van der Waals surface area (Å²) in [5, 5.41) is 0.556. The van der Waals surface area contributed by atoms with Crippen molar-refractivity contribution in [1.82, 2.24) is 4.90 Å². The fourth-order valence-electron chi connectivity index (χ4n) is 3.46. The van der Waals surface area contributed by atoms with E-state index in [0.717, 1.165) is 19.4 Å². The minimum Gasteiger partial charge on any atom is -0.459 e. The van der Waals surface area contributed by atoms with Gasteiger partial charge in [0.05, 0.1) is 16.5 Å². The van der Waals surface area contributed by atoms with Crippen LogP contribution in [0.5, 0.6) is 5.75 Å². The minimum absolute atomic E-state index is 0.280. The lowest BCUT2D eigenvalue weighted by atomic mass is 10.1. The topological polar surface area (TPSA) is 46.6 Å². The van der Waals surface area contributed by atoms with Gasteiger partial charge in [0.2, 0.25) is 9.84 Å². The number of nitrogens with zero attached hydrogens (tertiary/aromatic N) is 1. The van der Waals surface area contributed by atoms with Gasteiger partial charge in [-0.2, -0.15) is 8.78 Å². The molecule has 0 bridgehead atoms. The van der Waals surface area contributed by atoms with Gasteiger partial charge < -0.3 is 9.64 Å². The lowest BCUT2D eigenvalue weighted by Crippen LogP contribution is -2.26. The molecule has 4 nitrogen and oxygen atoms in total. The first-order valence-electron chi connectivity index (χ1n) is 8.99. The van der Waals surface area contributed by atoms with Gasteiger partial charge in [-0.25, -0.2) is 8.42 Å². The Bertz CT molecular complexity index is 881. The third-order valence-electron chi connectivity index (χ3n) is 4.74. The van der Waals surface area contributed by atoms with E-state index >= 15 is 0 Å². The molecule has 0 spiro atoms. The quantitative estimate of drug-likeness (QED) is 0.649. The molecule has 0 atom stereocenters. The monoisotopic (exact) mass is 417 g/mol. The van der Waals surface area contributed by atoms with Crippen LogP contribution >= 0.6 is 11.6 Å². The predicted octanol–water partition coefficient (Wildman–Crippen LogP) is 4.63. The van der Waals surface area contributed by atoms with Crippen molar-refractivity contribution in [2.24, 2.45) is 0 Å². The first-order valence-corrected chi connectivity index (χ1v) is 10.9. The largest absolute Gasteiger partial charge is 0.459 e. The number of ether oxygens (including phenoxy) is 1. The summed E-state index contributed by atoms with van der Waals surface area (Å²) in [6, 6.07) is 2.71. The summed E-state index contributed by atoms with van der Waals surface area (Å²) < 4.78 is 55.9. The van der Waals surface area contributed by atoms with Crippen molar-refractivity contribution in [1.29, 1.82) is 0 Å². The molecule has 27 heavy (non-hydrogen) atoms. The molecule has 1 aromatic rings. The number of hydrogen-bond acceptors (Lipinski definition) is 4. The number of alkyl halides is 2. The van der Waals surface area contributed by atoms with Gasteiger partial charge in [-0.05, 0) is 55.0 Å². The van der Waals surface area contributed by atoms with E-state index in [9.17, 15) is 17.2 Å². The van der Waals surface area contributed by atoms with Gasteiger partial charge in [-0.15, -0.1) is 0 Å². The first kappa shape index (κ1) is 20.1. The average molecular weight is 418 g/mol. The molecule has 3 rings (SSSR count). The third-order valence-corrected chi connectivity index (χ3v) is 6.41. The highest BCUT2D eigenvalue weighted by molar-refractivity contribution is 7.91. The van der Waals surface area contributed by atoms with E-state index in [2.05, 4.69) is 11.8 Å². The molecule has 1 aromatic carbocycles. The number of rotatable bonds is 7. The standard InChI is InChI=1S/C19H22ClF2NO3S/c1-2-3-9-23-11-13(20)10-14(12-23)26-17-7-8-18(27(24,25)19(21)22)16-6-4-5-15(16)17/h7-8,10-11,19H,2-6,9,12H2,1H3. The summed E-state index contributed by atoms with van der Waals surface area (Å²) in [5.41, 5.74) is 1.15. The molecule has 0 saturated heterocycles. The number of hydrogen-bond donors (Lipinski definition) is 0. The SMILES string of the molecule is CCCCN1C=C(Cl)C=C(Oc2ccc(S(=O)(=O)C(F)F)c3c2CCC3)C1. The zero-order chi connectivity index (χ0) is 19.6. The van der Waals surface area contributed by atoms with Crippen LogP contribution in [0.3, 0.4) is 0 Å². The summed E-state index contributed by atoms with van der Waals surface area (Å²) in [4.78, 5) is 1.79. The van der Waals surface area contributed by atoms with Gasteiger partial charge in [0.25, 0.3) is 0 Å². The van der Waals surface area contributed by atoms with Crippen LogP contribution in [0, 0.1) is 0 Å². The molecule has 8 heteroatoms. The smallest absolute Gasteiger partial charge is 0.341 e. The number of benzene rings is 1. The molecule has 0 radical (unpaired) electrons. The highest BCUT2D eigenvalue weighted by Gasteiger charge is 2.33. The average Bonchev–Trinajstić information content (AvgIpc) is 3.09. The van der Waals surface area contributed by atoms with E-state index in [1.807, 2.05) is 6.20 Å². The van der Waals surface area contributed by atoms with Gasteiger partial charge in [0.1, 0.15) is 11.5 Å². The Labute approximate surface area is 163 Å². The number of fused-ring (bicyclic) bond motifs is 1. The third kappa shape index (κ3) is 4.29. The lowest BCUT2D eigenvalue weighted by Gasteiger charge is -2.26. The van der Waals surface area contributed by atoms with E-state index in [4.69, 9.17) is 16.3 Å². The van der Waals surface area contributed by atoms with E-state index in [-0.39, 0.29) is 4.90 Å². The normalized spacial score (nSPS) is 17.0. The van der Waals surface area contributed by atoms with E-state index < -0.39 is 15.6 Å². The van der Waals surface area contributed by atoms with Crippen molar-refractivity contribution in [3.05, 3.63) is 46.3 Å². The van der Waals surface area contributed by atoms with Gasteiger partial charge >= 0.3 is 5.76 Å². The van der Waals surface area contributed by atoms with Crippen LogP contribution in [0.25, 0.3) is 0 Å². The molecule has 0 unspecified atom stereocenters. The Morgan fingerprint density at radius 3 is 2.70 bits per heavy atom. The fourth-order valence-corrected chi connectivity index (χ4v) is 4.74. The van der Waals surface area contributed by atoms with Crippen LogP contribution in [0.2, 0.25) is 0 Å². The van der Waals surface area contributed by atoms with Crippen molar-refractivity contribution in [3.63, 3.8) is 0 Å². The number of allylic oxidation sites excluding steroid dienone is 2. The summed E-state index contributed by atoms with van der Waals surface area (Å²) in [6.07, 6.45) is 7.47. The Morgan fingerprint density at radius 1 is 1.26 bits per heavy atom. The molecule has 0 saturated carbocycles. The Kier molecular flexibility index (Phi) is 6.11. The van der Waals surface area contributed by atoms with Crippen molar-refractivity contribution in [2.75, 3.05) is 13.1 Å². The zero-order valence-corrected chi connectivity index (χ0v) is 16.6. The van der Waals surface area contributed by atoms with Crippen LogP contribution < -0.4 is 4.74 Å². The fraction of sp³-hybridized carbons (Fsp3) is 0.474. The Hall–Kier alpha value is -1.60. The van der Waals surface area contributed by atoms with Crippen molar-refractivity contribution in [2.45, 2.75) is 49.7 Å². The number of sulfone groups is 1. The molecule has 1 aliphatic heterocycles. The van der Waals surface area contributed by atoms with Crippen molar-refractivity contribution < 1.29 is 21.9 Å². The molecular weight excluding hydrogens is 396 g/mol. The lowest BCUT2D eigenvalue weighted by molar-refractivity contribution is 0.234. The van der Waals surface area contributed by atoms with Crippen LogP contribution in [-0.2, 0) is 22.7 Å². The number of unbranched alkanes of at least 4 members (excludes halogenated alkanes) is 1. The molecule has 0 aromatic heterocycles. The van der Waals surface area contributed by atoms with Crippen molar-refractivity contribution >= 4 is 21.4 Å². The summed E-state index contributed by atoms with van der Waals surface area (Å²) in [5.74, 6) is -2.26. The molecule has 1 aliphatic carbocycles. The maximum atomic E-state index is 13.0. The Balaban J connectivity index is 1.87. The Morgan fingerprint density at radius 2 is 2.00 bits per heavy atom. The van der Waals surface area contributed by atoms with E-state index in [0.29, 0.717) is 53.5 Å². The highest BCUT2D eigenvalue weighted by atomic mass is 35.5. The molecular formula is C19H22ClF2NO3S. The van der Waals surface area contributed by atoms with Gasteiger partial charge in [-0.3, -0.25) is 0 Å². The molecule has 148 valence electrons. The molecule has 0 N–H and O–H groups in total. The van der Waals surface area contributed by atoms with Crippen LogP contribution in [-0.4, -0.2) is 32.2 Å². The molecule has 0 amide bonds. The second-order valence-corrected chi connectivity index (χ2v) is 9.05. The predicted molar refractivity (Wildman–Crippen MR) is 101 cm³/mol. The molecule has 0 fully saturated rings. The first-order chi connectivity index (χ1) is 12.8. The summed E-state index contributed by atoms with van der Waals surface area (Å²) >= 11 is 6.19. The van der Waals surface area contributed by atoms with Gasteiger partial charge in [-0.1, -0.05) is 24.9 Å². The van der Waals surface area contributed by atoms with Crippen LogP contribution in [0.4, 0.5) is 8.78 Å². The van der Waals surface area contributed by atoms with Gasteiger partial charge in [0, 0.05) is 12.7 Å². The second kappa shape index (κ2) is 8.19. The maximum absolute atomic E-state index is 13.0. The number of halogens is 3. The highest BCUT2D eigenvalue weighted by Crippen LogP contribution is 2.38. The zero-order valence-electron chi connectivity index (χ0n) is 15.1. The maximum Gasteiger partial charge on any atom is 0.341 e. The summed E-state index contributed by atoms with van der Waals surface area (Å²) in [6.45, 7) is 3.53. The van der Waals surface area contributed by atoms with Crippen molar-refractivity contribution in [3.8, 4) is 5.75 Å². The van der Waals surface area contributed by atoms with Crippen LogP contribution in [0.1, 0.15) is 37.3 Å². The van der Waals surface area contributed by atoms with E-state index in [1.54, 1.807) is 6.08 Å². The second-order valence-electron chi connectivity index (χ2n) is 6.73.